The van der Waals surface area contributed by atoms with Crippen molar-refractivity contribution in [2.75, 3.05) is 26.9 Å². The molecule has 3 saturated heterocycles. The van der Waals surface area contributed by atoms with Gasteiger partial charge in [-0.3, -0.25) is 0 Å². The summed E-state index contributed by atoms with van der Waals surface area (Å²) in [6.45, 7) is 0.279. The summed E-state index contributed by atoms with van der Waals surface area (Å²) in [4.78, 5) is 0. The maximum Gasteiger partial charge on any atom is 0.185 e. The Morgan fingerprint density at radius 3 is 1.76 bits per heavy atom. The molecule has 170 valence electrons. The van der Waals surface area contributed by atoms with Crippen molar-refractivity contribution in [3.8, 4) is 0 Å². The fourth-order valence-electron chi connectivity index (χ4n) is 3.35. The minimum Gasteiger partial charge on any atom is -0.389 e. The Bertz CT molecular complexity index is 533. The number of aliphatic hydroxyl groups excluding tert-OH is 6. The third kappa shape index (κ3) is 5.35. The molecule has 0 unspecified atom stereocenters. The summed E-state index contributed by atoms with van der Waals surface area (Å²) in [7, 11) is 1.36. The fraction of sp³-hybridized carbons (Fsp3) is 1.00. The first kappa shape index (κ1) is 24.3. The number of methoxy groups -OCH3 is 1. The zero-order chi connectivity index (χ0) is 21.3. The molecule has 0 amide bonds. The molecule has 3 rings (SSSR count). The van der Waals surface area contributed by atoms with Crippen molar-refractivity contribution in [1.29, 1.82) is 0 Å². The van der Waals surface area contributed by atoms with Gasteiger partial charge in [-0.15, -0.1) is 23.5 Å². The van der Waals surface area contributed by atoms with Gasteiger partial charge in [0.1, 0.15) is 29.2 Å². The molecule has 0 aliphatic carbocycles. The fourth-order valence-corrected chi connectivity index (χ4v) is 6.21. The molecule has 3 aliphatic rings. The maximum atomic E-state index is 10.5. The van der Waals surface area contributed by atoms with Gasteiger partial charge < -0.3 is 49.6 Å². The lowest BCUT2D eigenvalue weighted by Gasteiger charge is -2.43. The van der Waals surface area contributed by atoms with Gasteiger partial charge in [-0.1, -0.05) is 0 Å². The number of hydrogen-bond donors (Lipinski definition) is 7. The monoisotopic (exact) mass is 476 g/mol. The minimum absolute atomic E-state index is 0.0560. The van der Waals surface area contributed by atoms with E-state index in [1.165, 1.54) is 7.11 Å². The van der Waals surface area contributed by atoms with Gasteiger partial charge in [0, 0.05) is 7.11 Å². The Morgan fingerprint density at radius 1 is 0.690 bits per heavy atom. The molecule has 0 bridgehead atoms. The normalized spacial score (nSPS) is 51.7. The largest absolute Gasteiger partial charge is 0.389 e. The number of hydrogen-bond acceptors (Lipinski definition) is 13. The standard InChI is InChI=1S/C16H28O10S3/c1-23-14-11(20)9(18)6(3-24-14)28-16-13(22)10(19)7(4-26-16)29-15-12(21)8(17)5(27)2-25-15/h5-22,27H,2-4H2,1H3/t5-,6-,7-,8+,9+,10+,11-,12-,13-,14+,15+,16+/m1/s1. The Balaban J connectivity index is 1.54. The summed E-state index contributed by atoms with van der Waals surface area (Å²) in [6, 6.07) is 0. The first-order valence-electron chi connectivity index (χ1n) is 9.19. The summed E-state index contributed by atoms with van der Waals surface area (Å²) in [6.07, 6.45) is -8.04. The highest BCUT2D eigenvalue weighted by atomic mass is 32.2. The van der Waals surface area contributed by atoms with Crippen LogP contribution >= 0.6 is 36.2 Å². The second-order valence-electron chi connectivity index (χ2n) is 7.20. The van der Waals surface area contributed by atoms with E-state index >= 15 is 0 Å². The van der Waals surface area contributed by atoms with Crippen LogP contribution in [0.3, 0.4) is 0 Å². The van der Waals surface area contributed by atoms with Crippen LogP contribution in [-0.2, 0) is 18.9 Å². The molecule has 3 aliphatic heterocycles. The first-order valence-corrected chi connectivity index (χ1v) is 11.6. The molecule has 0 radical (unpaired) electrons. The number of rotatable bonds is 5. The predicted octanol–water partition coefficient (Wildman–Crippen LogP) is -2.63. The Morgan fingerprint density at radius 2 is 1.17 bits per heavy atom. The van der Waals surface area contributed by atoms with E-state index in [9.17, 15) is 30.6 Å². The molecule has 12 atom stereocenters. The number of ether oxygens (including phenoxy) is 4. The molecule has 3 fully saturated rings. The molecule has 29 heavy (non-hydrogen) atoms. The summed E-state index contributed by atoms with van der Waals surface area (Å²) < 4.78 is 21.4. The van der Waals surface area contributed by atoms with Gasteiger partial charge >= 0.3 is 0 Å². The van der Waals surface area contributed by atoms with E-state index in [1.807, 2.05) is 0 Å². The van der Waals surface area contributed by atoms with Crippen LogP contribution in [0.4, 0.5) is 0 Å². The molecule has 13 heteroatoms. The van der Waals surface area contributed by atoms with E-state index in [-0.39, 0.29) is 19.8 Å². The highest BCUT2D eigenvalue weighted by molar-refractivity contribution is 8.01. The molecule has 10 nitrogen and oxygen atoms in total. The summed E-state index contributed by atoms with van der Waals surface area (Å²) in [5, 5.41) is 59.7. The second kappa shape index (κ2) is 10.5. The molecular formula is C16H28O10S3. The van der Waals surface area contributed by atoms with E-state index < -0.39 is 69.5 Å². The number of thiol groups is 1. The zero-order valence-electron chi connectivity index (χ0n) is 15.6. The molecular weight excluding hydrogens is 448 g/mol. The van der Waals surface area contributed by atoms with Crippen LogP contribution in [0.25, 0.3) is 0 Å². The number of aliphatic hydroxyl groups is 6. The van der Waals surface area contributed by atoms with Crippen LogP contribution in [0.1, 0.15) is 0 Å². The molecule has 0 aromatic rings. The van der Waals surface area contributed by atoms with Crippen LogP contribution in [0.5, 0.6) is 0 Å². The Labute approximate surface area is 182 Å². The highest BCUT2D eigenvalue weighted by Gasteiger charge is 2.47. The van der Waals surface area contributed by atoms with Gasteiger partial charge in [-0.25, -0.2) is 0 Å². The van der Waals surface area contributed by atoms with E-state index in [4.69, 9.17) is 18.9 Å². The van der Waals surface area contributed by atoms with Crippen molar-refractivity contribution in [3.05, 3.63) is 0 Å². The minimum atomic E-state index is -1.28. The van der Waals surface area contributed by atoms with E-state index in [0.717, 1.165) is 23.5 Å². The van der Waals surface area contributed by atoms with E-state index in [2.05, 4.69) is 12.6 Å². The lowest BCUT2D eigenvalue weighted by Crippen LogP contribution is -2.56. The molecule has 0 aromatic heterocycles. The lowest BCUT2D eigenvalue weighted by atomic mass is 10.1. The zero-order valence-corrected chi connectivity index (χ0v) is 18.2. The number of thioether (sulfide) groups is 2. The molecule has 3 heterocycles. The Hall–Kier alpha value is 0.650. The van der Waals surface area contributed by atoms with Crippen LogP contribution < -0.4 is 0 Å². The summed E-state index contributed by atoms with van der Waals surface area (Å²) in [5.74, 6) is 0. The quantitative estimate of drug-likeness (QED) is 0.207. The molecule has 6 N–H and O–H groups in total. The van der Waals surface area contributed by atoms with Crippen molar-refractivity contribution in [2.45, 2.75) is 69.5 Å². The lowest BCUT2D eigenvalue weighted by molar-refractivity contribution is -0.230. The van der Waals surface area contributed by atoms with Gasteiger partial charge in [-0.05, 0) is 0 Å². The van der Waals surface area contributed by atoms with Crippen LogP contribution in [0, 0.1) is 0 Å². The van der Waals surface area contributed by atoms with Gasteiger partial charge in [0.2, 0.25) is 0 Å². The SMILES string of the molecule is CO[C@H]1OC[C@@H](S[C@@H]2OC[C@@H](S[C@@H]3OC[C@@H](S)[C@H](O)[C@H]3O)[C@H](O)[C@H]2O)[C@H](O)[C@H]1O. The third-order valence-corrected chi connectivity index (χ3v) is 8.52. The smallest absolute Gasteiger partial charge is 0.185 e. The molecule has 0 saturated carbocycles. The third-order valence-electron chi connectivity index (χ3n) is 5.17. The van der Waals surface area contributed by atoms with Crippen LogP contribution in [0.15, 0.2) is 0 Å². The van der Waals surface area contributed by atoms with Gasteiger partial charge in [0.05, 0.1) is 53.9 Å². The van der Waals surface area contributed by atoms with Crippen molar-refractivity contribution in [2.24, 2.45) is 0 Å². The average Bonchev–Trinajstić information content (AvgIpc) is 2.71. The van der Waals surface area contributed by atoms with E-state index in [0.29, 0.717) is 0 Å². The van der Waals surface area contributed by atoms with Crippen molar-refractivity contribution in [3.63, 3.8) is 0 Å². The van der Waals surface area contributed by atoms with E-state index in [1.54, 1.807) is 0 Å². The summed E-state index contributed by atoms with van der Waals surface area (Å²) in [5.41, 5.74) is -1.64. The maximum absolute atomic E-state index is 10.5. The van der Waals surface area contributed by atoms with Crippen molar-refractivity contribution >= 4 is 36.2 Å². The predicted molar refractivity (Wildman–Crippen MR) is 108 cm³/mol. The first-order chi connectivity index (χ1) is 13.7. The second-order valence-corrected chi connectivity index (χ2v) is 10.5. The van der Waals surface area contributed by atoms with Crippen molar-refractivity contribution < 1.29 is 49.6 Å². The Kier molecular flexibility index (Phi) is 8.81. The molecule has 0 spiro atoms. The van der Waals surface area contributed by atoms with Crippen LogP contribution in [0.2, 0.25) is 0 Å². The van der Waals surface area contributed by atoms with Gasteiger partial charge in [0.15, 0.2) is 6.29 Å². The van der Waals surface area contributed by atoms with Gasteiger partial charge in [-0.2, -0.15) is 12.6 Å². The molecule has 0 aromatic carbocycles. The van der Waals surface area contributed by atoms with Gasteiger partial charge in [0.25, 0.3) is 0 Å². The summed E-state index contributed by atoms with van der Waals surface area (Å²) >= 11 is 6.28. The topological polar surface area (TPSA) is 158 Å². The van der Waals surface area contributed by atoms with Crippen molar-refractivity contribution in [1.82, 2.24) is 0 Å². The highest BCUT2D eigenvalue weighted by Crippen LogP contribution is 2.38. The average molecular weight is 477 g/mol. The van der Waals surface area contributed by atoms with Crippen LogP contribution in [-0.4, -0.2) is 127 Å².